The average Bonchev–Trinajstić information content (AvgIpc) is 3.27. The minimum atomic E-state index is -4.61. The largest absolute Gasteiger partial charge is 0.497 e. The predicted octanol–water partition coefficient (Wildman–Crippen LogP) is 2.20. The average molecular weight is 482 g/mol. The number of halogens is 3. The molecule has 1 aliphatic heterocycles. The lowest BCUT2D eigenvalue weighted by Gasteiger charge is -2.33. The number of benzene rings is 2. The van der Waals surface area contributed by atoms with Crippen LogP contribution in [0.25, 0.3) is 5.69 Å². The quantitative estimate of drug-likeness (QED) is 0.532. The van der Waals surface area contributed by atoms with Crippen molar-refractivity contribution >= 4 is 10.0 Å². The van der Waals surface area contributed by atoms with Crippen LogP contribution < -0.4 is 4.74 Å². The number of sulfonamides is 1. The molecule has 1 aliphatic rings. The first-order valence-corrected chi connectivity index (χ1v) is 11.4. The molecule has 0 N–H and O–H groups in total. The summed E-state index contributed by atoms with van der Waals surface area (Å²) in [5.41, 5.74) is -0.242. The van der Waals surface area contributed by atoms with Crippen molar-refractivity contribution in [1.82, 2.24) is 29.4 Å². The fraction of sp³-hybridized carbons (Fsp3) is 0.350. The molecule has 9 nitrogen and oxygen atoms in total. The Morgan fingerprint density at radius 1 is 1.03 bits per heavy atom. The van der Waals surface area contributed by atoms with Gasteiger partial charge in [-0.3, -0.25) is 4.90 Å². The monoisotopic (exact) mass is 482 g/mol. The molecular weight excluding hydrogens is 461 g/mol. The molecule has 3 aromatic rings. The molecule has 13 heteroatoms. The minimum absolute atomic E-state index is 0.142. The number of aromatic nitrogens is 4. The Morgan fingerprint density at radius 2 is 1.73 bits per heavy atom. The highest BCUT2D eigenvalue weighted by atomic mass is 32.2. The van der Waals surface area contributed by atoms with E-state index in [1.54, 1.807) is 23.9 Å². The van der Waals surface area contributed by atoms with Gasteiger partial charge in [-0.2, -0.15) is 22.2 Å². The third-order valence-corrected chi connectivity index (χ3v) is 7.24. The third kappa shape index (κ3) is 4.99. The summed E-state index contributed by atoms with van der Waals surface area (Å²) in [6.45, 7) is 1.43. The van der Waals surface area contributed by atoms with E-state index < -0.39 is 21.8 Å². The lowest BCUT2D eigenvalue weighted by atomic mass is 10.2. The van der Waals surface area contributed by atoms with E-state index in [0.29, 0.717) is 37.3 Å². The van der Waals surface area contributed by atoms with Gasteiger partial charge in [0.1, 0.15) is 5.75 Å². The number of rotatable bonds is 6. The van der Waals surface area contributed by atoms with Crippen LogP contribution in [0, 0.1) is 0 Å². The van der Waals surface area contributed by atoms with Gasteiger partial charge in [-0.15, -0.1) is 5.10 Å². The topological polar surface area (TPSA) is 93.4 Å². The molecule has 0 aliphatic carbocycles. The maximum Gasteiger partial charge on any atom is 0.416 e. The molecule has 0 atom stereocenters. The van der Waals surface area contributed by atoms with Gasteiger partial charge < -0.3 is 4.74 Å². The lowest BCUT2D eigenvalue weighted by Crippen LogP contribution is -2.48. The number of hydrogen-bond donors (Lipinski definition) is 0. The molecule has 0 radical (unpaired) electrons. The summed E-state index contributed by atoms with van der Waals surface area (Å²) in [6.07, 6.45) is -4.61. The van der Waals surface area contributed by atoms with Crippen LogP contribution in [0.1, 0.15) is 11.4 Å². The Bertz CT molecular complexity index is 1210. The van der Waals surface area contributed by atoms with Gasteiger partial charge in [0, 0.05) is 26.2 Å². The van der Waals surface area contributed by atoms with E-state index in [1.807, 2.05) is 17.0 Å². The van der Waals surface area contributed by atoms with Gasteiger partial charge in [0.15, 0.2) is 5.82 Å². The van der Waals surface area contributed by atoms with E-state index in [1.165, 1.54) is 10.4 Å². The van der Waals surface area contributed by atoms with Gasteiger partial charge in [0.25, 0.3) is 0 Å². The standard InChI is InChI=1S/C20H21F3N6O3S/c1-32-17-7-5-16(6-8-17)29-19(24-25-26-29)14-27-9-11-28(12-10-27)33(30,31)18-4-2-3-15(13-18)20(21,22)23/h2-8,13H,9-12,14H2,1H3. The van der Waals surface area contributed by atoms with Crippen LogP contribution in [0.3, 0.4) is 0 Å². The minimum Gasteiger partial charge on any atom is -0.497 e. The second-order valence-corrected chi connectivity index (χ2v) is 9.35. The van der Waals surface area contributed by atoms with E-state index in [4.69, 9.17) is 4.74 Å². The summed E-state index contributed by atoms with van der Waals surface area (Å²) in [5, 5.41) is 11.8. The molecule has 33 heavy (non-hydrogen) atoms. The molecule has 4 rings (SSSR count). The zero-order valence-electron chi connectivity index (χ0n) is 17.6. The van der Waals surface area contributed by atoms with Crippen molar-refractivity contribution in [3.8, 4) is 11.4 Å². The third-order valence-electron chi connectivity index (χ3n) is 5.35. The fourth-order valence-corrected chi connectivity index (χ4v) is 5.01. The summed E-state index contributed by atoms with van der Waals surface area (Å²) in [4.78, 5) is 1.62. The van der Waals surface area contributed by atoms with E-state index in [9.17, 15) is 21.6 Å². The first kappa shape index (κ1) is 23.1. The Balaban J connectivity index is 1.42. The van der Waals surface area contributed by atoms with Gasteiger partial charge in [0.05, 0.1) is 29.8 Å². The lowest BCUT2D eigenvalue weighted by molar-refractivity contribution is -0.137. The first-order chi connectivity index (χ1) is 15.7. The molecule has 0 amide bonds. The van der Waals surface area contributed by atoms with Crippen LogP contribution in [0.15, 0.2) is 53.4 Å². The summed E-state index contributed by atoms with van der Waals surface area (Å²) >= 11 is 0. The highest BCUT2D eigenvalue weighted by Crippen LogP contribution is 2.31. The second kappa shape index (κ2) is 9.08. The maximum absolute atomic E-state index is 13.0. The molecule has 2 aromatic carbocycles. The zero-order chi connectivity index (χ0) is 23.6. The van der Waals surface area contributed by atoms with Crippen LogP contribution in [-0.2, 0) is 22.7 Å². The van der Waals surface area contributed by atoms with Crippen LogP contribution in [0.5, 0.6) is 5.75 Å². The van der Waals surface area contributed by atoms with Crippen molar-refractivity contribution in [2.75, 3.05) is 33.3 Å². The molecule has 0 saturated carbocycles. The number of methoxy groups -OCH3 is 1. The molecule has 1 saturated heterocycles. The Kier molecular flexibility index (Phi) is 6.36. The first-order valence-electron chi connectivity index (χ1n) is 10.00. The molecule has 0 spiro atoms. The fourth-order valence-electron chi connectivity index (χ4n) is 3.54. The van der Waals surface area contributed by atoms with E-state index in [0.717, 1.165) is 17.8 Å². The number of hydrogen-bond acceptors (Lipinski definition) is 7. The molecule has 1 fully saturated rings. The van der Waals surface area contributed by atoms with Gasteiger partial charge in [0.2, 0.25) is 10.0 Å². The van der Waals surface area contributed by atoms with Crippen molar-refractivity contribution < 1.29 is 26.3 Å². The molecule has 1 aromatic heterocycles. The van der Waals surface area contributed by atoms with Crippen LogP contribution in [0.2, 0.25) is 0 Å². The van der Waals surface area contributed by atoms with E-state index in [2.05, 4.69) is 15.5 Å². The van der Waals surface area contributed by atoms with Crippen LogP contribution in [-0.4, -0.2) is 71.1 Å². The van der Waals surface area contributed by atoms with Crippen LogP contribution in [0.4, 0.5) is 13.2 Å². The van der Waals surface area contributed by atoms with Gasteiger partial charge >= 0.3 is 6.18 Å². The number of nitrogens with zero attached hydrogens (tertiary/aromatic N) is 6. The number of tetrazole rings is 1. The van der Waals surface area contributed by atoms with Crippen molar-refractivity contribution in [1.29, 1.82) is 0 Å². The van der Waals surface area contributed by atoms with Crippen molar-refractivity contribution in [2.45, 2.75) is 17.6 Å². The maximum atomic E-state index is 13.0. The summed E-state index contributed by atoms with van der Waals surface area (Å²) < 4.78 is 72.6. The second-order valence-electron chi connectivity index (χ2n) is 7.41. The predicted molar refractivity (Wildman–Crippen MR) is 111 cm³/mol. The van der Waals surface area contributed by atoms with Crippen molar-refractivity contribution in [3.63, 3.8) is 0 Å². The Morgan fingerprint density at radius 3 is 2.36 bits per heavy atom. The number of piperazine rings is 1. The highest BCUT2D eigenvalue weighted by Gasteiger charge is 2.34. The number of ether oxygens (including phenoxy) is 1. The van der Waals surface area contributed by atoms with Gasteiger partial charge in [-0.25, -0.2) is 8.42 Å². The Hall–Kier alpha value is -3.03. The van der Waals surface area contributed by atoms with Gasteiger partial charge in [-0.05, 0) is 52.9 Å². The molecule has 2 heterocycles. The molecule has 0 bridgehead atoms. The SMILES string of the molecule is COc1ccc(-n2nnnc2CN2CCN(S(=O)(=O)c3cccc(C(F)(F)F)c3)CC2)cc1. The van der Waals surface area contributed by atoms with Gasteiger partial charge in [-0.1, -0.05) is 6.07 Å². The molecular formula is C20H21F3N6O3S. The van der Waals surface area contributed by atoms with E-state index >= 15 is 0 Å². The normalized spacial score (nSPS) is 16.1. The summed E-state index contributed by atoms with van der Waals surface area (Å²) in [7, 11) is -2.47. The van der Waals surface area contributed by atoms with E-state index in [-0.39, 0.29) is 18.0 Å². The van der Waals surface area contributed by atoms with Crippen LogP contribution >= 0.6 is 0 Å². The summed E-state index contributed by atoms with van der Waals surface area (Å²) in [6, 6.07) is 11.0. The highest BCUT2D eigenvalue weighted by molar-refractivity contribution is 7.89. The Labute approximate surface area is 188 Å². The molecule has 0 unspecified atom stereocenters. The molecule has 176 valence electrons. The number of alkyl halides is 3. The summed E-state index contributed by atoms with van der Waals surface area (Å²) in [5.74, 6) is 1.28. The zero-order valence-corrected chi connectivity index (χ0v) is 18.4. The van der Waals surface area contributed by atoms with Crippen molar-refractivity contribution in [3.05, 3.63) is 59.9 Å². The smallest absolute Gasteiger partial charge is 0.416 e. The van der Waals surface area contributed by atoms with Crippen molar-refractivity contribution in [2.24, 2.45) is 0 Å².